The molecule has 15 heteroatoms. The first-order valence-electron chi connectivity index (χ1n) is 11.0. The van der Waals surface area contributed by atoms with E-state index in [9.17, 15) is 35.2 Å². The fourth-order valence-electron chi connectivity index (χ4n) is 4.00. The molecule has 4 rings (SSSR count). The van der Waals surface area contributed by atoms with E-state index in [1.165, 1.54) is 19.2 Å². The molecule has 1 saturated heterocycles. The second-order valence-corrected chi connectivity index (χ2v) is 10.7. The van der Waals surface area contributed by atoms with Crippen LogP contribution >= 0.6 is 11.6 Å². The highest BCUT2D eigenvalue weighted by Crippen LogP contribution is 2.34. The van der Waals surface area contributed by atoms with Crippen molar-refractivity contribution >= 4 is 27.5 Å². The van der Waals surface area contributed by atoms with E-state index >= 15 is 0 Å². The summed E-state index contributed by atoms with van der Waals surface area (Å²) in [5.74, 6) is -2.77. The van der Waals surface area contributed by atoms with Crippen LogP contribution in [-0.2, 0) is 27.5 Å². The van der Waals surface area contributed by atoms with Crippen LogP contribution in [0.3, 0.4) is 0 Å². The standard InChI is InChI=1S/C23H19ClF5N5O3S/c1-12-19(26)7-20(34(12)38(36,37)16-4-2-14(25)3-5-16)21(35)31-10-15-6-17(18(24)11-30-15)13-8-32-22(33-9-13)23(27,28)29/h2-6,8-9,11-12,19-20H,7,10H2,1H3,(H,31,35)/t12-,19+,20-/m0/s1. The van der Waals surface area contributed by atoms with Crippen LogP contribution in [0.15, 0.2) is 53.8 Å². The number of hydrogen-bond donors (Lipinski definition) is 1. The van der Waals surface area contributed by atoms with E-state index in [-0.39, 0.29) is 33.3 Å². The Bertz CT molecular complexity index is 1440. The third kappa shape index (κ3) is 5.61. The van der Waals surface area contributed by atoms with E-state index in [1.54, 1.807) is 0 Å². The molecule has 1 aromatic carbocycles. The van der Waals surface area contributed by atoms with Crippen molar-refractivity contribution in [3.8, 4) is 11.1 Å². The molecule has 3 aromatic rings. The number of halogens is 6. The molecule has 3 atom stereocenters. The van der Waals surface area contributed by atoms with Crippen LogP contribution in [0, 0.1) is 5.82 Å². The first-order chi connectivity index (χ1) is 17.8. The van der Waals surface area contributed by atoms with E-state index in [0.29, 0.717) is 0 Å². The lowest BCUT2D eigenvalue weighted by atomic mass is 10.1. The smallest absolute Gasteiger partial charge is 0.349 e. The van der Waals surface area contributed by atoms with Gasteiger partial charge < -0.3 is 5.32 Å². The van der Waals surface area contributed by atoms with Crippen molar-refractivity contribution in [2.75, 3.05) is 0 Å². The Labute approximate surface area is 218 Å². The number of alkyl halides is 4. The fourth-order valence-corrected chi connectivity index (χ4v) is 6.03. The largest absolute Gasteiger partial charge is 0.451 e. The normalized spacial score (nSPS) is 20.4. The zero-order valence-corrected chi connectivity index (χ0v) is 21.0. The molecule has 0 bridgehead atoms. The number of rotatable bonds is 6. The van der Waals surface area contributed by atoms with Crippen LogP contribution in [0.25, 0.3) is 11.1 Å². The number of nitrogens with zero attached hydrogens (tertiary/aromatic N) is 4. The minimum atomic E-state index is -4.72. The summed E-state index contributed by atoms with van der Waals surface area (Å²) in [4.78, 5) is 23.3. The van der Waals surface area contributed by atoms with Crippen molar-refractivity contribution in [2.45, 2.75) is 49.2 Å². The average Bonchev–Trinajstić information content (AvgIpc) is 3.18. The van der Waals surface area contributed by atoms with Crippen LogP contribution in [0.1, 0.15) is 24.9 Å². The molecule has 1 fully saturated rings. The molecular formula is C23H19ClF5N5O3S. The van der Waals surface area contributed by atoms with E-state index < -0.39 is 58.4 Å². The molecule has 1 amide bonds. The number of aromatic nitrogens is 3. The van der Waals surface area contributed by atoms with Crippen molar-refractivity contribution in [3.05, 3.63) is 71.3 Å². The van der Waals surface area contributed by atoms with Crippen LogP contribution < -0.4 is 5.32 Å². The first kappa shape index (κ1) is 27.8. The maximum absolute atomic E-state index is 14.6. The van der Waals surface area contributed by atoms with E-state index in [2.05, 4.69) is 20.3 Å². The van der Waals surface area contributed by atoms with E-state index in [0.717, 1.165) is 41.0 Å². The molecule has 1 aliphatic heterocycles. The lowest BCUT2D eigenvalue weighted by molar-refractivity contribution is -0.145. The monoisotopic (exact) mass is 575 g/mol. The maximum atomic E-state index is 14.6. The summed E-state index contributed by atoms with van der Waals surface area (Å²) < 4.78 is 93.2. The third-order valence-electron chi connectivity index (χ3n) is 5.94. The molecule has 0 radical (unpaired) electrons. The molecular weight excluding hydrogens is 557 g/mol. The quantitative estimate of drug-likeness (QED) is 0.443. The first-order valence-corrected chi connectivity index (χ1v) is 12.9. The van der Waals surface area contributed by atoms with Gasteiger partial charge in [-0.2, -0.15) is 17.5 Å². The van der Waals surface area contributed by atoms with Crippen molar-refractivity contribution in [2.24, 2.45) is 0 Å². The zero-order chi connectivity index (χ0) is 27.8. The molecule has 0 saturated carbocycles. The lowest BCUT2D eigenvalue weighted by Gasteiger charge is -2.26. The van der Waals surface area contributed by atoms with Gasteiger partial charge in [-0.15, -0.1) is 0 Å². The average molecular weight is 576 g/mol. The van der Waals surface area contributed by atoms with Crippen molar-refractivity contribution in [3.63, 3.8) is 0 Å². The third-order valence-corrected chi connectivity index (χ3v) is 8.26. The van der Waals surface area contributed by atoms with Gasteiger partial charge in [-0.25, -0.2) is 27.2 Å². The van der Waals surface area contributed by atoms with Gasteiger partial charge in [-0.05, 0) is 37.3 Å². The number of pyridine rings is 1. The zero-order valence-electron chi connectivity index (χ0n) is 19.5. The second kappa shape index (κ2) is 10.5. The molecule has 38 heavy (non-hydrogen) atoms. The molecule has 0 unspecified atom stereocenters. The highest BCUT2D eigenvalue weighted by Gasteiger charge is 2.49. The van der Waals surface area contributed by atoms with Gasteiger partial charge >= 0.3 is 6.18 Å². The number of benzene rings is 1. The lowest BCUT2D eigenvalue weighted by Crippen LogP contribution is -2.48. The predicted octanol–water partition coefficient (Wildman–Crippen LogP) is 4.16. The minimum Gasteiger partial charge on any atom is -0.349 e. The summed E-state index contributed by atoms with van der Waals surface area (Å²) in [6, 6.07) is 2.81. The molecule has 0 aliphatic carbocycles. The summed E-state index contributed by atoms with van der Waals surface area (Å²) in [6.45, 7) is 1.11. The van der Waals surface area contributed by atoms with E-state index in [1.807, 2.05) is 0 Å². The van der Waals surface area contributed by atoms with Gasteiger partial charge in [0, 0.05) is 36.1 Å². The van der Waals surface area contributed by atoms with Gasteiger partial charge in [0.2, 0.25) is 21.8 Å². The van der Waals surface area contributed by atoms with E-state index in [4.69, 9.17) is 11.6 Å². The number of amides is 1. The Morgan fingerprint density at radius 1 is 1.13 bits per heavy atom. The molecule has 202 valence electrons. The Morgan fingerprint density at radius 3 is 2.37 bits per heavy atom. The van der Waals surface area contributed by atoms with Crippen molar-refractivity contribution in [1.82, 2.24) is 24.6 Å². The predicted molar refractivity (Wildman–Crippen MR) is 125 cm³/mol. The molecule has 8 nitrogen and oxygen atoms in total. The van der Waals surface area contributed by atoms with Crippen molar-refractivity contribution < 1.29 is 35.2 Å². The Balaban J connectivity index is 1.52. The van der Waals surface area contributed by atoms with Gasteiger partial charge in [0.25, 0.3) is 0 Å². The second-order valence-electron chi connectivity index (χ2n) is 8.46. The van der Waals surface area contributed by atoms with Gasteiger partial charge in [-0.1, -0.05) is 11.6 Å². The molecule has 0 spiro atoms. The number of carbonyl (C=O) groups excluding carboxylic acids is 1. The van der Waals surface area contributed by atoms with Gasteiger partial charge in [-0.3, -0.25) is 9.78 Å². The van der Waals surface area contributed by atoms with Crippen LogP contribution in [0.2, 0.25) is 5.02 Å². The number of sulfonamides is 1. The summed E-state index contributed by atoms with van der Waals surface area (Å²) in [5, 5.41) is 2.60. The van der Waals surface area contributed by atoms with Gasteiger partial charge in [0.05, 0.1) is 28.2 Å². The molecule has 1 N–H and O–H groups in total. The molecule has 2 aromatic heterocycles. The highest BCUT2D eigenvalue weighted by atomic mass is 35.5. The number of hydrogen-bond acceptors (Lipinski definition) is 6. The fraction of sp³-hybridized carbons (Fsp3) is 0.304. The van der Waals surface area contributed by atoms with Gasteiger partial charge in [0.15, 0.2) is 0 Å². The number of nitrogens with one attached hydrogen (secondary N) is 1. The maximum Gasteiger partial charge on any atom is 0.451 e. The Hall–Kier alpha value is -3.23. The number of carbonyl (C=O) groups is 1. The SMILES string of the molecule is C[C@H]1[C@H](F)C[C@@H](C(=O)NCc2cc(-c3cnc(C(F)(F)F)nc3)c(Cl)cn2)N1S(=O)(=O)c1ccc(F)cc1. The van der Waals surface area contributed by atoms with Crippen LogP contribution in [0.4, 0.5) is 22.0 Å². The topological polar surface area (TPSA) is 105 Å². The highest BCUT2D eigenvalue weighted by molar-refractivity contribution is 7.89. The summed E-state index contributed by atoms with van der Waals surface area (Å²) >= 11 is 6.13. The molecule has 1 aliphatic rings. The minimum absolute atomic E-state index is 0.0879. The summed E-state index contributed by atoms with van der Waals surface area (Å²) in [7, 11) is -4.34. The van der Waals surface area contributed by atoms with Crippen LogP contribution in [-0.4, -0.2) is 51.8 Å². The Morgan fingerprint density at radius 2 is 1.76 bits per heavy atom. The summed E-state index contributed by atoms with van der Waals surface area (Å²) in [5.41, 5.74) is 0.645. The van der Waals surface area contributed by atoms with Gasteiger partial charge in [0.1, 0.15) is 18.0 Å². The van der Waals surface area contributed by atoms with Crippen LogP contribution in [0.5, 0.6) is 0 Å². The molecule has 3 heterocycles. The Kier molecular flexibility index (Phi) is 7.68. The summed E-state index contributed by atoms with van der Waals surface area (Å²) in [6.07, 6.45) is -3.63. The van der Waals surface area contributed by atoms with Crippen molar-refractivity contribution in [1.29, 1.82) is 0 Å².